The van der Waals surface area contributed by atoms with Gasteiger partial charge in [0.05, 0.1) is 0 Å². The Bertz CT molecular complexity index is 4620. The molecule has 0 saturated carbocycles. The molecule has 1 aromatic heterocycles. The van der Waals surface area contributed by atoms with Crippen molar-refractivity contribution < 1.29 is 4.42 Å². The number of rotatable bonds is 5. The molecule has 15 rings (SSSR count). The summed E-state index contributed by atoms with van der Waals surface area (Å²) in [6, 6.07) is 62.7. The van der Waals surface area contributed by atoms with Gasteiger partial charge in [0.25, 0.3) is 0 Å². The minimum absolute atomic E-state index is 0.00448. The summed E-state index contributed by atoms with van der Waals surface area (Å²) in [4.78, 5) is 8.00. The van der Waals surface area contributed by atoms with E-state index in [0.717, 1.165) is 65.3 Å². The molecule has 3 aliphatic carbocycles. The van der Waals surface area contributed by atoms with E-state index in [4.69, 9.17) is 4.42 Å². The van der Waals surface area contributed by atoms with Crippen LogP contribution < -0.4 is 25.5 Å². The Hall–Kier alpha value is -7.76. The maximum atomic E-state index is 7.86. The van der Waals surface area contributed by atoms with E-state index in [9.17, 15) is 0 Å². The second-order valence-electron chi connectivity index (χ2n) is 34.4. The van der Waals surface area contributed by atoms with Crippen LogP contribution in [0.5, 0.6) is 0 Å². The van der Waals surface area contributed by atoms with Gasteiger partial charge in [-0.1, -0.05) is 204 Å². The number of anilines is 8. The number of hydrogen-bond donors (Lipinski definition) is 0. The summed E-state index contributed by atoms with van der Waals surface area (Å²) in [7, 11) is 0. The zero-order chi connectivity index (χ0) is 64.4. The van der Waals surface area contributed by atoms with E-state index >= 15 is 0 Å². The zero-order valence-electron chi connectivity index (χ0n) is 58.2. The van der Waals surface area contributed by atoms with Crippen LogP contribution in [0.1, 0.15) is 213 Å². The molecule has 0 bridgehead atoms. The molecule has 3 heterocycles. The van der Waals surface area contributed by atoms with E-state index < -0.39 is 0 Å². The average Bonchev–Trinajstić information content (AvgIpc) is 1.65. The van der Waals surface area contributed by atoms with E-state index in [-0.39, 0.29) is 50.2 Å². The van der Waals surface area contributed by atoms with Crippen LogP contribution in [0.2, 0.25) is 0 Å². The van der Waals surface area contributed by atoms with Gasteiger partial charge in [0.1, 0.15) is 11.2 Å². The highest BCUT2D eigenvalue weighted by molar-refractivity contribution is 6.95. The standard InChI is InChI=1S/C86H94BN3O/c1-51-45-66-68(84(15,16)43-41-82(66,11)12)49-71(51)89-70-40-39-61-62-48-67-69(85(17,18)44-42-83(67,13)14)50-73(62)91-78(61)76(70)87-75-64(47-63-59-23-21-22-24-65(59)86(19,20)74(63)77(75)89)60-38-37-58(46-72(60)90(87)57-35-29-54(30-36-57)81(8,9)10)88(55-31-25-52(26-32-55)79(2,3)4)56-33-27-53(28-34-56)80(5,6)7/h21-40,45-50H,41-44H2,1-20H3. The third-order valence-electron chi connectivity index (χ3n) is 22.9. The highest BCUT2D eigenvalue weighted by atomic mass is 16.3. The Labute approximate surface area is 544 Å². The van der Waals surface area contributed by atoms with Gasteiger partial charge >= 0.3 is 6.85 Å². The Kier molecular flexibility index (Phi) is 12.7. The predicted molar refractivity (Wildman–Crippen MR) is 391 cm³/mol. The first-order chi connectivity index (χ1) is 42.7. The molecule has 91 heavy (non-hydrogen) atoms. The summed E-state index contributed by atoms with van der Waals surface area (Å²) in [5.41, 5.74) is 32.4. The van der Waals surface area contributed by atoms with Crippen LogP contribution in [0.25, 0.3) is 44.2 Å². The lowest BCUT2D eigenvalue weighted by atomic mass is 9.42. The van der Waals surface area contributed by atoms with Crippen molar-refractivity contribution in [1.82, 2.24) is 0 Å². The van der Waals surface area contributed by atoms with E-state index in [1.165, 1.54) is 117 Å². The van der Waals surface area contributed by atoms with Crippen LogP contribution >= 0.6 is 0 Å². The van der Waals surface area contributed by atoms with Gasteiger partial charge in [-0.15, -0.1) is 0 Å². The lowest BCUT2D eigenvalue weighted by Crippen LogP contribution is -2.62. The van der Waals surface area contributed by atoms with Gasteiger partial charge in [0.2, 0.25) is 0 Å². The van der Waals surface area contributed by atoms with Crippen molar-refractivity contribution in [3.8, 4) is 22.3 Å². The second-order valence-corrected chi connectivity index (χ2v) is 34.4. The number of aryl methyl sites for hydroxylation is 1. The number of hydrogen-bond acceptors (Lipinski definition) is 4. The van der Waals surface area contributed by atoms with E-state index in [1.807, 2.05) is 0 Å². The van der Waals surface area contributed by atoms with Crippen molar-refractivity contribution in [3.05, 3.63) is 213 Å². The molecule has 0 atom stereocenters. The highest BCUT2D eigenvalue weighted by Gasteiger charge is 2.53. The van der Waals surface area contributed by atoms with Crippen LogP contribution in [0.3, 0.4) is 0 Å². The lowest BCUT2D eigenvalue weighted by Gasteiger charge is -2.48. The Morgan fingerprint density at radius 1 is 0.418 bits per heavy atom. The zero-order valence-corrected chi connectivity index (χ0v) is 58.2. The van der Waals surface area contributed by atoms with Crippen LogP contribution in [0.4, 0.5) is 45.5 Å². The lowest BCUT2D eigenvalue weighted by molar-refractivity contribution is 0.332. The molecule has 5 aliphatic rings. The van der Waals surface area contributed by atoms with Crippen molar-refractivity contribution in [1.29, 1.82) is 0 Å². The molecular formula is C86H94BN3O. The summed E-state index contributed by atoms with van der Waals surface area (Å²) in [6.07, 6.45) is 4.57. The molecule has 462 valence electrons. The van der Waals surface area contributed by atoms with Gasteiger partial charge < -0.3 is 19.0 Å². The summed E-state index contributed by atoms with van der Waals surface area (Å²) in [6.45, 7) is 47.6. The van der Waals surface area contributed by atoms with E-state index in [0.29, 0.717) is 0 Å². The molecule has 10 aromatic rings. The maximum Gasteiger partial charge on any atom is 0.336 e. The van der Waals surface area contributed by atoms with Gasteiger partial charge in [0.15, 0.2) is 0 Å². The fourth-order valence-corrected chi connectivity index (χ4v) is 17.1. The van der Waals surface area contributed by atoms with Crippen molar-refractivity contribution >= 4 is 85.2 Å². The molecule has 0 spiro atoms. The molecule has 0 amide bonds. The number of fused-ring (bicyclic) bond motifs is 14. The molecule has 0 saturated heterocycles. The van der Waals surface area contributed by atoms with Crippen molar-refractivity contribution in [3.63, 3.8) is 0 Å². The number of nitrogens with zero attached hydrogens (tertiary/aromatic N) is 3. The molecule has 0 unspecified atom stereocenters. The Morgan fingerprint density at radius 2 is 0.923 bits per heavy atom. The minimum Gasteiger partial charge on any atom is -0.456 e. The molecule has 2 aliphatic heterocycles. The molecule has 4 nitrogen and oxygen atoms in total. The fraction of sp³-hybridized carbons (Fsp3) is 0.372. The first-order valence-corrected chi connectivity index (χ1v) is 34.0. The third kappa shape index (κ3) is 8.95. The Morgan fingerprint density at radius 3 is 1.48 bits per heavy atom. The van der Waals surface area contributed by atoms with Crippen LogP contribution in [0.15, 0.2) is 162 Å². The van der Waals surface area contributed by atoms with Crippen LogP contribution in [-0.2, 0) is 43.3 Å². The van der Waals surface area contributed by atoms with Crippen LogP contribution in [-0.4, -0.2) is 6.85 Å². The average molecular weight is 1200 g/mol. The van der Waals surface area contributed by atoms with Gasteiger partial charge in [-0.25, -0.2) is 0 Å². The Balaban J connectivity index is 1.10. The summed E-state index contributed by atoms with van der Waals surface area (Å²) in [5.74, 6) is 0. The summed E-state index contributed by atoms with van der Waals surface area (Å²) >= 11 is 0. The van der Waals surface area contributed by atoms with Crippen molar-refractivity contribution in [2.24, 2.45) is 0 Å². The minimum atomic E-state index is -0.350. The van der Waals surface area contributed by atoms with Crippen molar-refractivity contribution in [2.45, 2.75) is 207 Å². The molecule has 5 heteroatoms. The molecule has 0 fully saturated rings. The third-order valence-corrected chi connectivity index (χ3v) is 22.9. The first-order valence-electron chi connectivity index (χ1n) is 34.0. The molecule has 0 N–H and O–H groups in total. The van der Waals surface area contributed by atoms with Gasteiger partial charge in [0, 0.05) is 72.7 Å². The normalized spacial score (nSPS) is 17.9. The highest BCUT2D eigenvalue weighted by Crippen LogP contribution is 2.60. The smallest absolute Gasteiger partial charge is 0.336 e. The SMILES string of the molecule is Cc1cc2c(cc1N1c3ccc4c(oc5cc6c(cc54)C(C)(C)CCC6(C)C)c3B3c4c(cc5c(c41)C(C)(C)c1ccccc1-5)-c1ccc(N(c4ccc(C(C)(C)C)cc4)c4ccc(C(C)(C)C)cc4)cc1N3c1ccc(C(C)(C)C)cc1)C(C)(C)CCC2(C)C. The van der Waals surface area contributed by atoms with Gasteiger partial charge in [-0.3, -0.25) is 0 Å². The fourth-order valence-electron chi connectivity index (χ4n) is 17.1. The predicted octanol–water partition coefficient (Wildman–Crippen LogP) is 23.0. The molecule has 0 radical (unpaired) electrons. The largest absolute Gasteiger partial charge is 0.456 e. The molecule has 9 aromatic carbocycles. The topological polar surface area (TPSA) is 22.9 Å². The number of benzene rings is 9. The maximum absolute atomic E-state index is 7.86. The van der Waals surface area contributed by atoms with Crippen molar-refractivity contribution in [2.75, 3.05) is 14.6 Å². The van der Waals surface area contributed by atoms with Gasteiger partial charge in [-0.05, 0) is 233 Å². The van der Waals surface area contributed by atoms with Crippen LogP contribution in [0, 0.1) is 6.92 Å². The second kappa shape index (κ2) is 19.4. The van der Waals surface area contributed by atoms with E-state index in [2.05, 4.69) is 311 Å². The van der Waals surface area contributed by atoms with Gasteiger partial charge in [-0.2, -0.15) is 0 Å². The summed E-state index contributed by atoms with van der Waals surface area (Å²) in [5, 5.41) is 2.37. The summed E-state index contributed by atoms with van der Waals surface area (Å²) < 4.78 is 7.86. The monoisotopic (exact) mass is 1200 g/mol. The first kappa shape index (κ1) is 59.5. The molecular weight excluding hydrogens is 1100 g/mol. The quantitative estimate of drug-likeness (QED) is 0.160. The number of furan rings is 1. The van der Waals surface area contributed by atoms with E-state index in [1.54, 1.807) is 0 Å².